The van der Waals surface area contributed by atoms with E-state index < -0.39 is 33.6 Å². The van der Waals surface area contributed by atoms with Gasteiger partial charge in [0.15, 0.2) is 0 Å². The summed E-state index contributed by atoms with van der Waals surface area (Å²) in [7, 11) is -2.15. The van der Waals surface area contributed by atoms with Crippen LogP contribution in [0.15, 0.2) is 58.9 Å². The fourth-order valence-corrected chi connectivity index (χ4v) is 5.74. The van der Waals surface area contributed by atoms with Crippen LogP contribution in [0, 0.1) is 0 Å². The molecule has 3 heterocycles. The summed E-state index contributed by atoms with van der Waals surface area (Å²) in [6.45, 7) is 1.22. The molecule has 1 aliphatic heterocycles. The van der Waals surface area contributed by atoms with Crippen LogP contribution in [0.1, 0.15) is 12.0 Å². The van der Waals surface area contributed by atoms with Crippen LogP contribution in [0.5, 0.6) is 5.75 Å². The number of hydrogen-bond donors (Lipinski definition) is 1. The molecule has 0 unspecified atom stereocenters. The van der Waals surface area contributed by atoms with Crippen molar-refractivity contribution >= 4 is 27.0 Å². The largest absolute Gasteiger partial charge is 0.488 e. The summed E-state index contributed by atoms with van der Waals surface area (Å²) in [6.07, 6.45) is -2.82. The van der Waals surface area contributed by atoms with Gasteiger partial charge >= 0.3 is 6.18 Å². The molecule has 32 heavy (non-hydrogen) atoms. The zero-order valence-electron chi connectivity index (χ0n) is 17.0. The van der Waals surface area contributed by atoms with E-state index in [1.807, 2.05) is 11.9 Å². The molecule has 1 aromatic carbocycles. The van der Waals surface area contributed by atoms with Crippen LogP contribution in [-0.4, -0.2) is 44.5 Å². The van der Waals surface area contributed by atoms with E-state index >= 15 is 0 Å². The van der Waals surface area contributed by atoms with Crippen molar-refractivity contribution in [3.8, 4) is 16.3 Å². The third-order valence-corrected chi connectivity index (χ3v) is 7.93. The number of hydrogen-bond acceptors (Lipinski definition) is 6. The van der Waals surface area contributed by atoms with Crippen molar-refractivity contribution in [2.45, 2.75) is 22.9 Å². The zero-order chi connectivity index (χ0) is 22.9. The molecule has 2 aromatic heterocycles. The molecule has 0 aliphatic carbocycles. The highest BCUT2D eigenvalue weighted by Crippen LogP contribution is 2.39. The second-order valence-corrected chi connectivity index (χ2v) is 10.4. The predicted molar refractivity (Wildman–Crippen MR) is 116 cm³/mol. The van der Waals surface area contributed by atoms with Crippen molar-refractivity contribution < 1.29 is 26.3 Å². The average molecular weight is 484 g/mol. The number of ether oxygens (including phenoxy) is 1. The summed E-state index contributed by atoms with van der Waals surface area (Å²) in [5, 5.41) is 0. The Balaban J connectivity index is 1.59. The number of sulfonamides is 1. The molecule has 0 saturated carbocycles. The zero-order valence-corrected chi connectivity index (χ0v) is 18.6. The minimum absolute atomic E-state index is 0.00728. The lowest BCUT2D eigenvalue weighted by Crippen LogP contribution is -2.23. The van der Waals surface area contributed by atoms with Crippen LogP contribution in [-0.2, 0) is 16.2 Å². The summed E-state index contributed by atoms with van der Waals surface area (Å²) in [5.41, 5.74) is -0.318. The molecular formula is C21H20F3N3O3S2. The van der Waals surface area contributed by atoms with Gasteiger partial charge in [-0.1, -0.05) is 6.07 Å². The number of thiophene rings is 1. The molecule has 4 rings (SSSR count). The molecule has 3 aromatic rings. The van der Waals surface area contributed by atoms with Crippen LogP contribution in [0.2, 0.25) is 0 Å². The van der Waals surface area contributed by atoms with Gasteiger partial charge in [0.25, 0.3) is 10.0 Å². The molecule has 1 N–H and O–H groups in total. The maximum atomic E-state index is 13.5. The topological polar surface area (TPSA) is 71.5 Å². The van der Waals surface area contributed by atoms with E-state index in [4.69, 9.17) is 4.74 Å². The van der Waals surface area contributed by atoms with E-state index in [2.05, 4.69) is 9.71 Å². The molecule has 0 radical (unpaired) electrons. The Morgan fingerprint density at radius 3 is 2.66 bits per heavy atom. The van der Waals surface area contributed by atoms with E-state index in [0.29, 0.717) is 23.5 Å². The number of pyridine rings is 1. The second-order valence-electron chi connectivity index (χ2n) is 7.44. The van der Waals surface area contributed by atoms with E-state index in [1.165, 1.54) is 6.07 Å². The number of rotatable bonds is 6. The third-order valence-electron chi connectivity index (χ3n) is 4.94. The van der Waals surface area contributed by atoms with Crippen molar-refractivity contribution in [2.75, 3.05) is 24.9 Å². The minimum atomic E-state index is -4.62. The van der Waals surface area contributed by atoms with Gasteiger partial charge in [0.2, 0.25) is 0 Å². The van der Waals surface area contributed by atoms with Gasteiger partial charge in [-0.25, -0.2) is 8.42 Å². The van der Waals surface area contributed by atoms with Crippen LogP contribution < -0.4 is 9.46 Å². The van der Waals surface area contributed by atoms with E-state index in [-0.39, 0.29) is 9.90 Å². The maximum Gasteiger partial charge on any atom is 0.419 e. The van der Waals surface area contributed by atoms with Gasteiger partial charge in [0.1, 0.15) is 16.1 Å². The Bertz CT molecular complexity index is 1200. The lowest BCUT2D eigenvalue weighted by atomic mass is 10.1. The van der Waals surface area contributed by atoms with E-state index in [0.717, 1.165) is 36.1 Å². The lowest BCUT2D eigenvalue weighted by Gasteiger charge is -2.19. The van der Waals surface area contributed by atoms with Gasteiger partial charge in [-0.15, -0.1) is 11.3 Å². The first kappa shape index (κ1) is 22.6. The second kappa shape index (κ2) is 8.72. The van der Waals surface area contributed by atoms with Crippen molar-refractivity contribution in [1.29, 1.82) is 0 Å². The third kappa shape index (κ3) is 5.05. The fraction of sp³-hybridized carbons (Fsp3) is 0.286. The highest BCUT2D eigenvalue weighted by molar-refractivity contribution is 7.94. The molecule has 0 amide bonds. The number of likely N-dealkylation sites (N-methyl/N-ethyl adjacent to an activating group) is 1. The Morgan fingerprint density at radius 2 is 2.00 bits per heavy atom. The van der Waals surface area contributed by atoms with Crippen molar-refractivity contribution in [2.24, 2.45) is 0 Å². The SMILES string of the molecule is CN1CC[C@H](Oc2cc(NS(=O)(=O)c3ccc(-c4ccccn4)s3)ccc2C(F)(F)F)C1. The number of benzene rings is 1. The van der Waals surface area contributed by atoms with Crippen LogP contribution in [0.4, 0.5) is 18.9 Å². The Kier molecular flexibility index (Phi) is 6.15. The predicted octanol–water partition coefficient (Wildman–Crippen LogP) is 4.71. The molecule has 1 aliphatic rings. The summed E-state index contributed by atoms with van der Waals surface area (Å²) >= 11 is 1.02. The number of aromatic nitrogens is 1. The van der Waals surface area contributed by atoms with Crippen LogP contribution >= 0.6 is 11.3 Å². The summed E-state index contributed by atoms with van der Waals surface area (Å²) in [4.78, 5) is 6.81. The molecule has 11 heteroatoms. The quantitative estimate of drug-likeness (QED) is 0.550. The molecule has 1 fully saturated rings. The average Bonchev–Trinajstić information content (AvgIpc) is 3.37. The monoisotopic (exact) mass is 483 g/mol. The molecular weight excluding hydrogens is 463 g/mol. The summed E-state index contributed by atoms with van der Waals surface area (Å²) in [5.74, 6) is -0.390. The van der Waals surface area contributed by atoms with Gasteiger partial charge in [0, 0.05) is 25.4 Å². The number of nitrogens with one attached hydrogen (secondary N) is 1. The standard InChI is InChI=1S/C21H20F3N3O3S2/c1-27-11-9-15(13-27)30-18-12-14(5-6-16(18)21(22,23)24)26-32(28,29)20-8-7-19(31-20)17-4-2-3-10-25-17/h2-8,10,12,15,26H,9,11,13H2,1H3/t15-/m0/s1. The number of anilines is 1. The molecule has 6 nitrogen and oxygen atoms in total. The van der Waals surface area contributed by atoms with Gasteiger partial charge < -0.3 is 9.64 Å². The van der Waals surface area contributed by atoms with Crippen LogP contribution in [0.3, 0.4) is 0 Å². The lowest BCUT2D eigenvalue weighted by molar-refractivity contribution is -0.139. The van der Waals surface area contributed by atoms with Crippen molar-refractivity contribution in [1.82, 2.24) is 9.88 Å². The Labute approximate surface area is 187 Å². The summed E-state index contributed by atoms with van der Waals surface area (Å²) in [6, 6.07) is 11.4. The molecule has 0 spiro atoms. The van der Waals surface area contributed by atoms with Crippen LogP contribution in [0.25, 0.3) is 10.6 Å². The van der Waals surface area contributed by atoms with E-state index in [9.17, 15) is 21.6 Å². The fourth-order valence-electron chi connectivity index (χ4n) is 3.40. The number of likely N-dealkylation sites (tertiary alicyclic amines) is 1. The first-order valence-corrected chi connectivity index (χ1v) is 12.0. The molecule has 170 valence electrons. The highest BCUT2D eigenvalue weighted by atomic mass is 32.2. The number of alkyl halides is 3. The van der Waals surface area contributed by atoms with Gasteiger partial charge in [-0.3, -0.25) is 9.71 Å². The Morgan fingerprint density at radius 1 is 1.19 bits per heavy atom. The molecule has 1 saturated heterocycles. The highest BCUT2D eigenvalue weighted by Gasteiger charge is 2.36. The van der Waals surface area contributed by atoms with Gasteiger partial charge in [-0.2, -0.15) is 13.2 Å². The van der Waals surface area contributed by atoms with Crippen molar-refractivity contribution in [3.05, 3.63) is 60.3 Å². The van der Waals surface area contributed by atoms with E-state index in [1.54, 1.807) is 30.5 Å². The van der Waals surface area contributed by atoms with Gasteiger partial charge in [-0.05, 0) is 49.9 Å². The Hall–Kier alpha value is -2.63. The number of nitrogens with zero attached hydrogens (tertiary/aromatic N) is 2. The first-order valence-electron chi connectivity index (χ1n) is 9.72. The maximum absolute atomic E-state index is 13.5. The minimum Gasteiger partial charge on any atom is -0.488 e. The first-order chi connectivity index (χ1) is 15.1. The normalized spacial score (nSPS) is 17.4. The molecule has 0 bridgehead atoms. The van der Waals surface area contributed by atoms with Gasteiger partial charge in [0.05, 0.1) is 21.8 Å². The number of halogens is 3. The van der Waals surface area contributed by atoms with Crippen molar-refractivity contribution in [3.63, 3.8) is 0 Å². The summed E-state index contributed by atoms with van der Waals surface area (Å²) < 4.78 is 74.1. The smallest absolute Gasteiger partial charge is 0.419 e. The molecule has 1 atom stereocenters.